The van der Waals surface area contributed by atoms with Gasteiger partial charge in [0.15, 0.2) is 0 Å². The maximum absolute atomic E-state index is 9.65. The Morgan fingerprint density at radius 3 is 2.47 bits per heavy atom. The number of fused-ring (bicyclic) bond motifs is 1. The minimum atomic E-state index is 0.221. The number of piperidine rings is 1. The first kappa shape index (κ1) is 21.5. The van der Waals surface area contributed by atoms with Crippen LogP contribution in [0.3, 0.4) is 0 Å². The molecule has 1 aromatic carbocycles. The monoisotopic (exact) mass is 426 g/mol. The molecule has 0 spiro atoms. The van der Waals surface area contributed by atoms with E-state index in [1.54, 1.807) is 24.8 Å². The summed E-state index contributed by atoms with van der Waals surface area (Å²) in [5.41, 5.74) is 3.19. The summed E-state index contributed by atoms with van der Waals surface area (Å²) in [5, 5.41) is 18.9. The van der Waals surface area contributed by atoms with Crippen LogP contribution in [0.15, 0.2) is 61.2 Å². The van der Waals surface area contributed by atoms with Crippen molar-refractivity contribution in [1.29, 1.82) is 5.26 Å². The molecule has 5 rings (SSSR count). The SMILES string of the molecule is CC.N#Cc1cncc2c(-c3ccc(Oc4ccncc4)cc3)nn(C3CCCNC3)c12. The van der Waals surface area contributed by atoms with Crippen molar-refractivity contribution < 1.29 is 4.74 Å². The van der Waals surface area contributed by atoms with Crippen LogP contribution in [0.1, 0.15) is 38.3 Å². The third-order valence-electron chi connectivity index (χ3n) is 5.36. The molecule has 1 fully saturated rings. The number of hydrogen-bond donors (Lipinski definition) is 1. The quantitative estimate of drug-likeness (QED) is 0.488. The van der Waals surface area contributed by atoms with E-state index in [1.807, 2.05) is 54.9 Å². The lowest BCUT2D eigenvalue weighted by molar-refractivity contribution is 0.355. The van der Waals surface area contributed by atoms with E-state index < -0.39 is 0 Å². The van der Waals surface area contributed by atoms with Crippen LogP contribution in [0.4, 0.5) is 0 Å². The predicted molar refractivity (Wildman–Crippen MR) is 124 cm³/mol. The highest BCUT2D eigenvalue weighted by Gasteiger charge is 2.23. The summed E-state index contributed by atoms with van der Waals surface area (Å²) in [5.74, 6) is 1.47. The second-order valence-electron chi connectivity index (χ2n) is 7.30. The van der Waals surface area contributed by atoms with Crippen molar-refractivity contribution in [2.75, 3.05) is 13.1 Å². The molecule has 0 aliphatic carbocycles. The first-order chi connectivity index (χ1) is 15.8. The number of pyridine rings is 2. The highest BCUT2D eigenvalue weighted by molar-refractivity contribution is 5.95. The summed E-state index contributed by atoms with van der Waals surface area (Å²) in [4.78, 5) is 8.28. The van der Waals surface area contributed by atoms with Crippen LogP contribution >= 0.6 is 0 Å². The molecule has 0 saturated carbocycles. The number of nitrogens with one attached hydrogen (secondary N) is 1. The van der Waals surface area contributed by atoms with Gasteiger partial charge < -0.3 is 10.1 Å². The van der Waals surface area contributed by atoms with Crippen molar-refractivity contribution in [3.63, 3.8) is 0 Å². The van der Waals surface area contributed by atoms with E-state index in [9.17, 15) is 5.26 Å². The van der Waals surface area contributed by atoms with Crippen molar-refractivity contribution >= 4 is 10.9 Å². The Bertz CT molecular complexity index is 1210. The maximum atomic E-state index is 9.65. The minimum Gasteiger partial charge on any atom is -0.457 e. The Morgan fingerprint density at radius 2 is 1.78 bits per heavy atom. The van der Waals surface area contributed by atoms with E-state index in [2.05, 4.69) is 21.4 Å². The fourth-order valence-electron chi connectivity index (χ4n) is 3.91. The second-order valence-corrected chi connectivity index (χ2v) is 7.30. The summed E-state index contributed by atoms with van der Waals surface area (Å²) >= 11 is 0. The van der Waals surface area contributed by atoms with Crippen molar-refractivity contribution in [2.24, 2.45) is 0 Å². The van der Waals surface area contributed by atoms with Gasteiger partial charge >= 0.3 is 0 Å². The van der Waals surface area contributed by atoms with Gasteiger partial charge in [0.1, 0.15) is 23.3 Å². The van der Waals surface area contributed by atoms with Crippen LogP contribution < -0.4 is 10.1 Å². The zero-order valence-electron chi connectivity index (χ0n) is 18.3. The van der Waals surface area contributed by atoms with Gasteiger partial charge in [-0.1, -0.05) is 13.8 Å². The average Bonchev–Trinajstić information content (AvgIpc) is 3.27. The Hall–Kier alpha value is -3.76. The van der Waals surface area contributed by atoms with Crippen LogP contribution in [0.25, 0.3) is 22.2 Å². The molecule has 1 aliphatic rings. The Morgan fingerprint density at radius 1 is 1.03 bits per heavy atom. The zero-order valence-corrected chi connectivity index (χ0v) is 18.3. The smallest absolute Gasteiger partial charge is 0.130 e. The molecule has 1 saturated heterocycles. The number of aromatic nitrogens is 4. The predicted octanol–water partition coefficient (Wildman–Crippen LogP) is 5.11. The third kappa shape index (κ3) is 4.32. The topological polar surface area (TPSA) is 88.7 Å². The molecule has 4 aromatic rings. The van der Waals surface area contributed by atoms with Crippen LogP contribution in [0.2, 0.25) is 0 Å². The molecule has 0 amide bonds. The molecule has 3 aromatic heterocycles. The molecular weight excluding hydrogens is 400 g/mol. The van der Waals surface area contributed by atoms with Gasteiger partial charge in [-0.05, 0) is 55.8 Å². The number of hydrogen-bond acceptors (Lipinski definition) is 6. The van der Waals surface area contributed by atoms with Crippen LogP contribution in [-0.4, -0.2) is 32.8 Å². The number of rotatable bonds is 4. The second kappa shape index (κ2) is 10.0. The van der Waals surface area contributed by atoms with E-state index in [4.69, 9.17) is 9.84 Å². The molecule has 0 bridgehead atoms. The Labute approximate surface area is 187 Å². The summed E-state index contributed by atoms with van der Waals surface area (Å²) in [6.45, 7) is 5.87. The lowest BCUT2D eigenvalue weighted by Gasteiger charge is -2.24. The average molecular weight is 427 g/mol. The van der Waals surface area contributed by atoms with Crippen LogP contribution in [-0.2, 0) is 0 Å². The lowest BCUT2D eigenvalue weighted by atomic mass is 10.1. The summed E-state index contributed by atoms with van der Waals surface area (Å²) in [6.07, 6.45) is 8.94. The molecule has 162 valence electrons. The molecule has 1 N–H and O–H groups in total. The molecule has 7 heteroatoms. The number of nitriles is 1. The molecule has 0 radical (unpaired) electrons. The highest BCUT2D eigenvalue weighted by atomic mass is 16.5. The van der Waals surface area contributed by atoms with E-state index in [0.29, 0.717) is 5.56 Å². The van der Waals surface area contributed by atoms with E-state index in [-0.39, 0.29) is 6.04 Å². The summed E-state index contributed by atoms with van der Waals surface area (Å²) < 4.78 is 7.88. The normalized spacial score (nSPS) is 15.5. The molecular formula is C25H26N6O. The highest BCUT2D eigenvalue weighted by Crippen LogP contribution is 2.33. The number of ether oxygens (including phenoxy) is 1. The van der Waals surface area contributed by atoms with E-state index in [1.165, 1.54) is 0 Å². The van der Waals surface area contributed by atoms with Gasteiger partial charge in [-0.15, -0.1) is 0 Å². The first-order valence-corrected chi connectivity index (χ1v) is 11.0. The van der Waals surface area contributed by atoms with Gasteiger partial charge in [-0.2, -0.15) is 10.4 Å². The lowest BCUT2D eigenvalue weighted by Crippen LogP contribution is -2.32. The molecule has 7 nitrogen and oxygen atoms in total. The summed E-state index contributed by atoms with van der Waals surface area (Å²) in [7, 11) is 0. The largest absolute Gasteiger partial charge is 0.457 e. The van der Waals surface area contributed by atoms with Crippen molar-refractivity contribution in [3.8, 4) is 28.8 Å². The van der Waals surface area contributed by atoms with Gasteiger partial charge in [0.25, 0.3) is 0 Å². The van der Waals surface area contributed by atoms with Gasteiger partial charge in [0.2, 0.25) is 0 Å². The van der Waals surface area contributed by atoms with Crippen molar-refractivity contribution in [1.82, 2.24) is 25.1 Å². The first-order valence-electron chi connectivity index (χ1n) is 11.0. The molecule has 1 unspecified atom stereocenters. The standard InChI is InChI=1S/C23H20N6O.C2H6/c24-12-17-13-27-15-21-22(28-29(23(17)21)18-2-1-9-26-14-18)16-3-5-19(6-4-16)30-20-7-10-25-11-8-20;1-2/h3-8,10-11,13,15,18,26H,1-2,9,14H2;1-2H3. The molecule has 4 heterocycles. The molecule has 1 aliphatic heterocycles. The van der Waals surface area contributed by atoms with Crippen molar-refractivity contribution in [3.05, 3.63) is 66.7 Å². The minimum absolute atomic E-state index is 0.221. The molecule has 1 atom stereocenters. The van der Waals surface area contributed by atoms with E-state index >= 15 is 0 Å². The zero-order chi connectivity index (χ0) is 22.3. The van der Waals surface area contributed by atoms with E-state index in [0.717, 1.165) is 59.6 Å². The maximum Gasteiger partial charge on any atom is 0.130 e. The van der Waals surface area contributed by atoms with Crippen LogP contribution in [0, 0.1) is 11.3 Å². The van der Waals surface area contributed by atoms with Gasteiger partial charge in [0, 0.05) is 42.3 Å². The number of nitrogens with zero attached hydrogens (tertiary/aromatic N) is 5. The third-order valence-corrected chi connectivity index (χ3v) is 5.36. The Balaban J connectivity index is 0.00000119. The van der Waals surface area contributed by atoms with Gasteiger partial charge in [0.05, 0.1) is 17.1 Å². The fourth-order valence-corrected chi connectivity index (χ4v) is 3.91. The Kier molecular flexibility index (Phi) is 6.73. The van der Waals surface area contributed by atoms with Crippen molar-refractivity contribution in [2.45, 2.75) is 32.7 Å². The fraction of sp³-hybridized carbons (Fsp3) is 0.280. The van der Waals surface area contributed by atoms with Gasteiger partial charge in [-0.3, -0.25) is 14.6 Å². The number of benzene rings is 1. The van der Waals surface area contributed by atoms with Crippen LogP contribution in [0.5, 0.6) is 11.5 Å². The van der Waals surface area contributed by atoms with Gasteiger partial charge in [-0.25, -0.2) is 0 Å². The molecule has 32 heavy (non-hydrogen) atoms. The summed E-state index contributed by atoms with van der Waals surface area (Å²) in [6, 6.07) is 14.0.